The lowest BCUT2D eigenvalue weighted by Crippen LogP contribution is -2.21. The normalized spacial score (nSPS) is 11.1. The summed E-state index contributed by atoms with van der Waals surface area (Å²) in [7, 11) is 1.54. The van der Waals surface area contributed by atoms with E-state index in [0.29, 0.717) is 28.0 Å². The predicted octanol–water partition coefficient (Wildman–Crippen LogP) is 8.39. The van der Waals surface area contributed by atoms with Gasteiger partial charge in [-0.15, -0.1) is 0 Å². The lowest BCUT2D eigenvalue weighted by atomic mass is 9.83. The third kappa shape index (κ3) is 6.39. The third-order valence-corrected chi connectivity index (χ3v) is 6.67. The van der Waals surface area contributed by atoms with E-state index >= 15 is 0 Å². The zero-order valence-electron chi connectivity index (χ0n) is 23.7. The zero-order valence-corrected chi connectivity index (χ0v) is 23.7. The van der Waals surface area contributed by atoms with Crippen LogP contribution in [0.3, 0.4) is 0 Å². The van der Waals surface area contributed by atoms with Crippen molar-refractivity contribution in [1.29, 1.82) is 0 Å². The van der Waals surface area contributed by atoms with E-state index in [2.05, 4.69) is 12.1 Å². The first-order valence-electron chi connectivity index (χ1n) is 13.6. The molecule has 1 aliphatic carbocycles. The van der Waals surface area contributed by atoms with E-state index in [0.717, 1.165) is 27.8 Å². The van der Waals surface area contributed by atoms with Gasteiger partial charge in [-0.3, -0.25) is 14.4 Å². The van der Waals surface area contributed by atoms with Crippen LogP contribution < -0.4 is 4.74 Å². The number of hydrogen-bond donors (Lipinski definition) is 0. The zero-order chi connectivity index (χ0) is 29.4. The molecule has 0 radical (unpaired) electrons. The molecule has 4 heteroatoms. The summed E-state index contributed by atoms with van der Waals surface area (Å²) in [6.45, 7) is 5.90. The first kappa shape index (κ1) is 28.9. The Balaban J connectivity index is 0.000000178. The lowest BCUT2D eigenvalue weighted by Gasteiger charge is -2.18. The van der Waals surface area contributed by atoms with Crippen LogP contribution in [0.15, 0.2) is 121 Å². The molecular formula is C37H32O4. The number of methoxy groups -OCH3 is 1. The summed E-state index contributed by atoms with van der Waals surface area (Å²) in [5.41, 5.74) is 6.51. The Kier molecular flexibility index (Phi) is 9.39. The summed E-state index contributed by atoms with van der Waals surface area (Å²) in [5.74, 6) is 0.417. The molecule has 0 amide bonds. The standard InChI is InChI=1S/C19H14O.C16H12O3.C2H6/c20-19(17-9-5-2-6-10-17)18-13-11-16(12-14-18)15-7-3-1-4-8-15;1-9-3-5-11-13(7-9)15(17)12-6-4-10(19-2)8-14(12)16(11)18;1-2/h1-14H;3-8H,1-2H3;1-2H3. The Bertz CT molecular complexity index is 1670. The minimum Gasteiger partial charge on any atom is -0.497 e. The molecule has 0 aromatic heterocycles. The van der Waals surface area contributed by atoms with Crippen molar-refractivity contribution in [3.63, 3.8) is 0 Å². The number of ether oxygens (including phenoxy) is 1. The number of benzene rings is 5. The van der Waals surface area contributed by atoms with Gasteiger partial charge in [-0.2, -0.15) is 0 Å². The topological polar surface area (TPSA) is 60.4 Å². The largest absolute Gasteiger partial charge is 0.497 e. The maximum Gasteiger partial charge on any atom is 0.194 e. The highest BCUT2D eigenvalue weighted by Gasteiger charge is 2.29. The van der Waals surface area contributed by atoms with Crippen molar-refractivity contribution >= 4 is 17.3 Å². The highest BCUT2D eigenvalue weighted by Crippen LogP contribution is 2.30. The second-order valence-electron chi connectivity index (χ2n) is 9.26. The van der Waals surface area contributed by atoms with Crippen molar-refractivity contribution in [3.05, 3.63) is 160 Å². The van der Waals surface area contributed by atoms with Crippen LogP contribution in [0.5, 0.6) is 5.75 Å². The van der Waals surface area contributed by atoms with Crippen molar-refractivity contribution in [2.75, 3.05) is 7.11 Å². The van der Waals surface area contributed by atoms with Crippen LogP contribution >= 0.6 is 0 Å². The van der Waals surface area contributed by atoms with Crippen LogP contribution in [0.2, 0.25) is 0 Å². The van der Waals surface area contributed by atoms with Crippen LogP contribution in [0.1, 0.15) is 67.2 Å². The summed E-state index contributed by atoms with van der Waals surface area (Å²) < 4.78 is 5.11. The van der Waals surface area contributed by atoms with Gasteiger partial charge in [0, 0.05) is 33.4 Å². The van der Waals surface area contributed by atoms with Gasteiger partial charge in [0.2, 0.25) is 0 Å². The molecule has 4 nitrogen and oxygen atoms in total. The molecule has 0 N–H and O–H groups in total. The van der Waals surface area contributed by atoms with E-state index in [1.165, 1.54) is 7.11 Å². The fourth-order valence-corrected chi connectivity index (χ4v) is 4.57. The van der Waals surface area contributed by atoms with E-state index in [9.17, 15) is 14.4 Å². The first-order valence-corrected chi connectivity index (χ1v) is 13.6. The minimum absolute atomic E-state index is 0.0604. The number of rotatable bonds is 4. The van der Waals surface area contributed by atoms with Gasteiger partial charge in [0.05, 0.1) is 7.11 Å². The van der Waals surface area contributed by atoms with Crippen LogP contribution in [0.25, 0.3) is 11.1 Å². The minimum atomic E-state index is -0.122. The molecular weight excluding hydrogens is 508 g/mol. The number of fused-ring (bicyclic) bond motifs is 2. The molecule has 5 aromatic rings. The summed E-state index contributed by atoms with van der Waals surface area (Å²) in [6.07, 6.45) is 0. The SMILES string of the molecule is CC.COc1ccc2c(c1)C(=O)c1ccc(C)cc1C2=O.O=C(c1ccccc1)c1ccc(-c2ccccc2)cc1. The summed E-state index contributed by atoms with van der Waals surface area (Å²) in [6, 6.07) is 37.6. The summed E-state index contributed by atoms with van der Waals surface area (Å²) >= 11 is 0. The van der Waals surface area contributed by atoms with E-state index in [4.69, 9.17) is 4.74 Å². The Morgan fingerprint density at radius 3 is 1.61 bits per heavy atom. The number of ketones is 3. The molecule has 0 spiro atoms. The Labute approximate surface area is 241 Å². The molecule has 0 saturated heterocycles. The molecule has 204 valence electrons. The fraction of sp³-hybridized carbons (Fsp3) is 0.108. The molecule has 0 unspecified atom stereocenters. The number of carbonyl (C=O) groups is 3. The van der Waals surface area contributed by atoms with Gasteiger partial charge < -0.3 is 4.74 Å². The Morgan fingerprint density at radius 1 is 0.537 bits per heavy atom. The third-order valence-electron chi connectivity index (χ3n) is 6.67. The van der Waals surface area contributed by atoms with Crippen molar-refractivity contribution in [3.8, 4) is 16.9 Å². The van der Waals surface area contributed by atoms with E-state index < -0.39 is 0 Å². The van der Waals surface area contributed by atoms with Crippen molar-refractivity contribution in [2.24, 2.45) is 0 Å². The molecule has 0 fully saturated rings. The average molecular weight is 541 g/mol. The summed E-state index contributed by atoms with van der Waals surface area (Å²) in [4.78, 5) is 37.1. The van der Waals surface area contributed by atoms with Gasteiger partial charge in [0.25, 0.3) is 0 Å². The maximum absolute atomic E-state index is 12.4. The van der Waals surface area contributed by atoms with E-state index in [1.807, 2.05) is 99.6 Å². The molecule has 0 heterocycles. The van der Waals surface area contributed by atoms with Crippen molar-refractivity contribution in [2.45, 2.75) is 20.8 Å². The number of aryl methyl sites for hydroxylation is 1. The Morgan fingerprint density at radius 2 is 1.02 bits per heavy atom. The molecule has 5 aromatic carbocycles. The Hall–Kier alpha value is -5.09. The van der Waals surface area contributed by atoms with Crippen LogP contribution in [-0.4, -0.2) is 24.5 Å². The first-order chi connectivity index (χ1) is 20.0. The molecule has 1 aliphatic rings. The van der Waals surface area contributed by atoms with E-state index in [-0.39, 0.29) is 17.3 Å². The molecule has 0 bridgehead atoms. The quantitative estimate of drug-likeness (QED) is 0.211. The van der Waals surface area contributed by atoms with Gasteiger partial charge in [-0.1, -0.05) is 116 Å². The maximum atomic E-state index is 12.4. The van der Waals surface area contributed by atoms with Crippen LogP contribution in [0, 0.1) is 6.92 Å². The smallest absolute Gasteiger partial charge is 0.194 e. The average Bonchev–Trinajstić information content (AvgIpc) is 3.05. The molecule has 0 saturated carbocycles. The predicted molar refractivity (Wildman–Crippen MR) is 164 cm³/mol. The fourth-order valence-electron chi connectivity index (χ4n) is 4.57. The molecule has 0 atom stereocenters. The summed E-state index contributed by atoms with van der Waals surface area (Å²) in [5, 5.41) is 0. The highest BCUT2D eigenvalue weighted by molar-refractivity contribution is 6.28. The van der Waals surface area contributed by atoms with Crippen molar-refractivity contribution in [1.82, 2.24) is 0 Å². The lowest BCUT2D eigenvalue weighted by molar-refractivity contribution is 0.0979. The van der Waals surface area contributed by atoms with Crippen molar-refractivity contribution < 1.29 is 19.1 Å². The highest BCUT2D eigenvalue weighted by atomic mass is 16.5. The van der Waals surface area contributed by atoms with Gasteiger partial charge in [0.1, 0.15) is 5.75 Å². The van der Waals surface area contributed by atoms with Crippen LogP contribution in [0.4, 0.5) is 0 Å². The van der Waals surface area contributed by atoms with E-state index in [1.54, 1.807) is 30.3 Å². The van der Waals surface area contributed by atoms with Crippen LogP contribution in [-0.2, 0) is 0 Å². The molecule has 0 aliphatic heterocycles. The second kappa shape index (κ2) is 13.3. The van der Waals surface area contributed by atoms with Gasteiger partial charge in [-0.25, -0.2) is 0 Å². The monoisotopic (exact) mass is 540 g/mol. The molecule has 6 rings (SSSR count). The second-order valence-corrected chi connectivity index (χ2v) is 9.26. The van der Waals surface area contributed by atoms with Gasteiger partial charge in [0.15, 0.2) is 17.3 Å². The number of hydrogen-bond acceptors (Lipinski definition) is 4. The number of carbonyl (C=O) groups excluding carboxylic acids is 3. The van der Waals surface area contributed by atoms with Gasteiger partial charge in [-0.05, 0) is 42.3 Å². The molecule has 41 heavy (non-hydrogen) atoms. The van der Waals surface area contributed by atoms with Gasteiger partial charge >= 0.3 is 0 Å².